The molecule has 2 aliphatic rings. The highest BCUT2D eigenvalue weighted by Crippen LogP contribution is 2.38. The summed E-state index contributed by atoms with van der Waals surface area (Å²) in [6.45, 7) is 1.72. The van der Waals surface area contributed by atoms with Crippen molar-refractivity contribution < 1.29 is 14.4 Å². The molecule has 1 aliphatic carbocycles. The van der Waals surface area contributed by atoms with Gasteiger partial charge in [-0.3, -0.25) is 14.5 Å². The van der Waals surface area contributed by atoms with Gasteiger partial charge in [0.15, 0.2) is 0 Å². The zero-order valence-electron chi connectivity index (χ0n) is 13.5. The Morgan fingerprint density at radius 3 is 2.71 bits per heavy atom. The molecule has 1 heterocycles. The molecule has 0 bridgehead atoms. The summed E-state index contributed by atoms with van der Waals surface area (Å²) in [4.78, 5) is 38.3. The van der Waals surface area contributed by atoms with Crippen molar-refractivity contribution in [3.8, 4) is 0 Å². The molecule has 2 fully saturated rings. The lowest BCUT2D eigenvalue weighted by Gasteiger charge is -2.36. The first-order valence-electron chi connectivity index (χ1n) is 8.12. The molecular formula is C17H20BrN3O3. The lowest BCUT2D eigenvalue weighted by molar-refractivity contribution is -0.136. The van der Waals surface area contributed by atoms with Crippen LogP contribution in [-0.2, 0) is 9.59 Å². The Kier molecular flexibility index (Phi) is 4.62. The number of rotatable bonds is 3. The summed E-state index contributed by atoms with van der Waals surface area (Å²) in [5.74, 6) is -0.575. The minimum Gasteiger partial charge on any atom is -0.325 e. The monoisotopic (exact) mass is 393 g/mol. The molecule has 2 N–H and O–H groups in total. The SMILES string of the molecule is C[C@H]1CCCC[C@@]12NC(=O)N(CC(=O)Nc1ccc(Br)cc1)C2=O. The van der Waals surface area contributed by atoms with Crippen LogP contribution in [0.2, 0.25) is 0 Å². The first-order chi connectivity index (χ1) is 11.4. The van der Waals surface area contributed by atoms with E-state index in [4.69, 9.17) is 0 Å². The van der Waals surface area contributed by atoms with Crippen molar-refractivity contribution in [3.05, 3.63) is 28.7 Å². The van der Waals surface area contributed by atoms with Crippen LogP contribution in [0.3, 0.4) is 0 Å². The first kappa shape index (κ1) is 17.0. The highest BCUT2D eigenvalue weighted by Gasteiger charge is 2.55. The molecule has 4 amide bonds. The van der Waals surface area contributed by atoms with Crippen LogP contribution in [-0.4, -0.2) is 34.8 Å². The normalized spacial score (nSPS) is 26.6. The molecule has 7 heteroatoms. The van der Waals surface area contributed by atoms with Crippen molar-refractivity contribution in [2.45, 2.75) is 38.1 Å². The summed E-state index contributed by atoms with van der Waals surface area (Å²) in [5, 5.41) is 5.55. The zero-order chi connectivity index (χ0) is 17.3. The van der Waals surface area contributed by atoms with Crippen LogP contribution < -0.4 is 10.6 Å². The number of carbonyl (C=O) groups is 3. The molecule has 1 aliphatic heterocycles. The smallest absolute Gasteiger partial charge is 0.325 e. The third-order valence-electron chi connectivity index (χ3n) is 4.93. The van der Waals surface area contributed by atoms with E-state index < -0.39 is 11.6 Å². The Bertz CT molecular complexity index is 676. The highest BCUT2D eigenvalue weighted by molar-refractivity contribution is 9.10. The number of amides is 4. The van der Waals surface area contributed by atoms with Crippen molar-refractivity contribution >= 4 is 39.5 Å². The van der Waals surface area contributed by atoms with E-state index in [0.29, 0.717) is 12.1 Å². The van der Waals surface area contributed by atoms with Gasteiger partial charge in [0.1, 0.15) is 12.1 Å². The second kappa shape index (κ2) is 6.55. The molecular weight excluding hydrogens is 374 g/mol. The molecule has 0 aromatic heterocycles. The third kappa shape index (κ3) is 3.05. The van der Waals surface area contributed by atoms with E-state index in [1.165, 1.54) is 0 Å². The molecule has 1 spiro atoms. The van der Waals surface area contributed by atoms with Crippen LogP contribution in [0.15, 0.2) is 28.7 Å². The lowest BCUT2D eigenvalue weighted by Crippen LogP contribution is -2.54. The van der Waals surface area contributed by atoms with Gasteiger partial charge in [0.05, 0.1) is 0 Å². The fraction of sp³-hybridized carbons (Fsp3) is 0.471. The Morgan fingerprint density at radius 1 is 1.33 bits per heavy atom. The van der Waals surface area contributed by atoms with Crippen LogP contribution >= 0.6 is 15.9 Å². The Labute approximate surface area is 149 Å². The zero-order valence-corrected chi connectivity index (χ0v) is 15.1. The molecule has 6 nitrogen and oxygen atoms in total. The van der Waals surface area contributed by atoms with E-state index >= 15 is 0 Å². The Balaban J connectivity index is 1.68. The molecule has 0 radical (unpaired) electrons. The number of anilines is 1. The number of benzene rings is 1. The van der Waals surface area contributed by atoms with Crippen LogP contribution in [0.4, 0.5) is 10.5 Å². The number of nitrogens with one attached hydrogen (secondary N) is 2. The predicted octanol–water partition coefficient (Wildman–Crippen LogP) is 2.89. The van der Waals surface area contributed by atoms with Gasteiger partial charge in [-0.05, 0) is 43.0 Å². The van der Waals surface area contributed by atoms with Crippen molar-refractivity contribution in [1.29, 1.82) is 0 Å². The van der Waals surface area contributed by atoms with Gasteiger partial charge in [-0.1, -0.05) is 35.7 Å². The van der Waals surface area contributed by atoms with E-state index in [-0.39, 0.29) is 24.3 Å². The predicted molar refractivity (Wildman–Crippen MR) is 93.4 cm³/mol. The van der Waals surface area contributed by atoms with Crippen molar-refractivity contribution in [2.75, 3.05) is 11.9 Å². The third-order valence-corrected chi connectivity index (χ3v) is 5.46. The lowest BCUT2D eigenvalue weighted by atomic mass is 9.73. The van der Waals surface area contributed by atoms with Crippen LogP contribution in [0.1, 0.15) is 32.6 Å². The molecule has 128 valence electrons. The van der Waals surface area contributed by atoms with E-state index in [2.05, 4.69) is 26.6 Å². The average molecular weight is 394 g/mol. The van der Waals surface area contributed by atoms with Gasteiger partial charge in [-0.15, -0.1) is 0 Å². The number of hydrogen-bond acceptors (Lipinski definition) is 3. The summed E-state index contributed by atoms with van der Waals surface area (Å²) in [5.41, 5.74) is -0.205. The van der Waals surface area contributed by atoms with Gasteiger partial charge in [0.2, 0.25) is 5.91 Å². The highest BCUT2D eigenvalue weighted by atomic mass is 79.9. The van der Waals surface area contributed by atoms with Gasteiger partial charge < -0.3 is 10.6 Å². The minimum atomic E-state index is -0.826. The van der Waals surface area contributed by atoms with E-state index in [9.17, 15) is 14.4 Å². The molecule has 1 aromatic carbocycles. The summed E-state index contributed by atoms with van der Waals surface area (Å²) >= 11 is 3.33. The average Bonchev–Trinajstić information content (AvgIpc) is 2.78. The minimum absolute atomic E-state index is 0.0854. The molecule has 24 heavy (non-hydrogen) atoms. The molecule has 0 unspecified atom stereocenters. The molecule has 3 rings (SSSR count). The van der Waals surface area contributed by atoms with Gasteiger partial charge in [0.25, 0.3) is 5.91 Å². The maximum absolute atomic E-state index is 12.8. The summed E-state index contributed by atoms with van der Waals surface area (Å²) < 4.78 is 0.905. The molecule has 2 atom stereocenters. The number of carbonyl (C=O) groups excluding carboxylic acids is 3. The van der Waals surface area contributed by atoms with Crippen molar-refractivity contribution in [1.82, 2.24) is 10.2 Å². The quantitative estimate of drug-likeness (QED) is 0.774. The Morgan fingerprint density at radius 2 is 2.04 bits per heavy atom. The summed E-state index contributed by atoms with van der Waals surface area (Å²) in [7, 11) is 0. The fourth-order valence-corrected chi connectivity index (χ4v) is 3.78. The van der Waals surface area contributed by atoms with Gasteiger partial charge in [-0.2, -0.15) is 0 Å². The largest absolute Gasteiger partial charge is 0.325 e. The number of urea groups is 1. The molecule has 1 saturated heterocycles. The second-order valence-electron chi connectivity index (χ2n) is 6.49. The van der Waals surface area contributed by atoms with Gasteiger partial charge >= 0.3 is 6.03 Å². The maximum atomic E-state index is 12.8. The van der Waals surface area contributed by atoms with Crippen LogP contribution in [0, 0.1) is 5.92 Å². The standard InChI is InChI=1S/C17H20BrN3O3/c1-11-4-2-3-9-17(11)15(23)21(16(24)20-17)10-14(22)19-13-7-5-12(18)6-8-13/h5-8,11H,2-4,9-10H2,1H3,(H,19,22)(H,20,24)/t11-,17+/m0/s1. The Hall–Kier alpha value is -1.89. The second-order valence-corrected chi connectivity index (χ2v) is 7.41. The molecule has 1 aromatic rings. The van der Waals surface area contributed by atoms with Gasteiger partial charge in [0, 0.05) is 10.2 Å². The van der Waals surface area contributed by atoms with Crippen molar-refractivity contribution in [2.24, 2.45) is 5.92 Å². The summed E-state index contributed by atoms with van der Waals surface area (Å²) in [6, 6.07) is 6.64. The van der Waals surface area contributed by atoms with Crippen LogP contribution in [0.25, 0.3) is 0 Å². The van der Waals surface area contributed by atoms with Crippen molar-refractivity contribution in [3.63, 3.8) is 0 Å². The van der Waals surface area contributed by atoms with E-state index in [1.54, 1.807) is 12.1 Å². The number of imide groups is 1. The number of hydrogen-bond donors (Lipinski definition) is 2. The molecule has 1 saturated carbocycles. The van der Waals surface area contributed by atoms with E-state index in [0.717, 1.165) is 28.6 Å². The summed E-state index contributed by atoms with van der Waals surface area (Å²) in [6.07, 6.45) is 3.53. The number of halogens is 1. The fourth-order valence-electron chi connectivity index (χ4n) is 3.52. The first-order valence-corrected chi connectivity index (χ1v) is 8.91. The topological polar surface area (TPSA) is 78.5 Å². The maximum Gasteiger partial charge on any atom is 0.325 e. The van der Waals surface area contributed by atoms with Crippen LogP contribution in [0.5, 0.6) is 0 Å². The van der Waals surface area contributed by atoms with Gasteiger partial charge in [-0.25, -0.2) is 4.79 Å². The number of nitrogens with zero attached hydrogens (tertiary/aromatic N) is 1. The van der Waals surface area contributed by atoms with E-state index in [1.807, 2.05) is 19.1 Å².